The minimum absolute atomic E-state index is 0.167. The van der Waals surface area contributed by atoms with Gasteiger partial charge in [-0.3, -0.25) is 0 Å². The lowest BCUT2D eigenvalue weighted by Crippen LogP contribution is -2.53. The number of aliphatic hydroxyl groups excluding tert-OH is 1. The van der Waals surface area contributed by atoms with E-state index in [1.807, 2.05) is 6.92 Å². The summed E-state index contributed by atoms with van der Waals surface area (Å²) >= 11 is 0. The van der Waals surface area contributed by atoms with Crippen molar-refractivity contribution in [3.8, 4) is 0 Å². The normalized spacial score (nSPS) is 14.4. The zero-order chi connectivity index (χ0) is 11.0. The lowest BCUT2D eigenvalue weighted by Gasteiger charge is -2.39. The summed E-state index contributed by atoms with van der Waals surface area (Å²) < 4.78 is 1.11. The van der Waals surface area contributed by atoms with Crippen LogP contribution in [0.1, 0.15) is 47.0 Å². The van der Waals surface area contributed by atoms with Gasteiger partial charge in [0.25, 0.3) is 0 Å². The predicted molar refractivity (Wildman–Crippen MR) is 62.3 cm³/mol. The van der Waals surface area contributed by atoms with Crippen LogP contribution in [0, 0.1) is 0 Å². The SMILES string of the molecule is CCC[N+](CCC)(CCC)CC(C)O. The third-order valence-electron chi connectivity index (χ3n) is 2.75. The first-order valence-corrected chi connectivity index (χ1v) is 6.13. The average molecular weight is 202 g/mol. The lowest BCUT2D eigenvalue weighted by atomic mass is 10.2. The van der Waals surface area contributed by atoms with Crippen molar-refractivity contribution in [2.75, 3.05) is 26.2 Å². The Labute approximate surface area is 89.5 Å². The molecule has 2 nitrogen and oxygen atoms in total. The highest BCUT2D eigenvalue weighted by atomic mass is 16.3. The first-order chi connectivity index (χ1) is 6.60. The third-order valence-corrected chi connectivity index (χ3v) is 2.75. The van der Waals surface area contributed by atoms with Crippen LogP contribution in [0.4, 0.5) is 0 Å². The monoisotopic (exact) mass is 202 g/mol. The van der Waals surface area contributed by atoms with Gasteiger partial charge in [0, 0.05) is 0 Å². The summed E-state index contributed by atoms with van der Waals surface area (Å²) in [6, 6.07) is 0. The molecule has 0 aliphatic rings. The Balaban J connectivity index is 4.37. The number of nitrogens with zero attached hydrogens (tertiary/aromatic N) is 1. The minimum Gasteiger partial charge on any atom is -0.388 e. The maximum atomic E-state index is 9.55. The Morgan fingerprint density at radius 1 is 0.929 bits per heavy atom. The summed E-state index contributed by atoms with van der Waals surface area (Å²) in [6.07, 6.45) is 3.48. The second-order valence-electron chi connectivity index (χ2n) is 4.54. The highest BCUT2D eigenvalue weighted by molar-refractivity contribution is 4.50. The zero-order valence-electron chi connectivity index (χ0n) is 10.4. The van der Waals surface area contributed by atoms with E-state index in [0.717, 1.165) is 11.0 Å². The molecule has 0 heterocycles. The Morgan fingerprint density at radius 2 is 1.29 bits per heavy atom. The molecule has 1 N–H and O–H groups in total. The molecule has 86 valence electrons. The van der Waals surface area contributed by atoms with Gasteiger partial charge >= 0.3 is 0 Å². The molecule has 1 atom stereocenters. The number of rotatable bonds is 8. The van der Waals surface area contributed by atoms with E-state index < -0.39 is 0 Å². The second kappa shape index (κ2) is 7.24. The van der Waals surface area contributed by atoms with Crippen molar-refractivity contribution < 1.29 is 9.59 Å². The highest BCUT2D eigenvalue weighted by Crippen LogP contribution is 2.12. The van der Waals surface area contributed by atoms with Gasteiger partial charge in [-0.2, -0.15) is 0 Å². The van der Waals surface area contributed by atoms with E-state index in [-0.39, 0.29) is 6.10 Å². The van der Waals surface area contributed by atoms with E-state index in [4.69, 9.17) is 0 Å². The number of hydrogen-bond acceptors (Lipinski definition) is 1. The standard InChI is InChI=1S/C12H28NO/c1-5-8-13(9-6-2,10-7-3)11-12(4)14/h12,14H,5-11H2,1-4H3/q+1. The first kappa shape index (κ1) is 13.9. The van der Waals surface area contributed by atoms with Crippen LogP contribution < -0.4 is 0 Å². The summed E-state index contributed by atoms with van der Waals surface area (Å²) in [4.78, 5) is 0. The molecule has 2 heteroatoms. The summed E-state index contributed by atoms with van der Waals surface area (Å²) in [6.45, 7) is 13.2. The molecule has 0 fully saturated rings. The van der Waals surface area contributed by atoms with E-state index in [1.54, 1.807) is 0 Å². The number of quaternary nitrogens is 1. The first-order valence-electron chi connectivity index (χ1n) is 6.13. The molecule has 1 unspecified atom stereocenters. The average Bonchev–Trinajstić information content (AvgIpc) is 2.03. The van der Waals surface area contributed by atoms with Crippen molar-refractivity contribution in [2.45, 2.75) is 53.1 Å². The molecule has 14 heavy (non-hydrogen) atoms. The molecular formula is C12H28NO+. The molecule has 0 aliphatic heterocycles. The van der Waals surface area contributed by atoms with E-state index in [9.17, 15) is 5.11 Å². The molecule has 0 aromatic carbocycles. The fourth-order valence-corrected chi connectivity index (χ4v) is 2.59. The number of aliphatic hydroxyl groups is 1. The van der Waals surface area contributed by atoms with E-state index in [0.29, 0.717) is 0 Å². The molecular weight excluding hydrogens is 174 g/mol. The van der Waals surface area contributed by atoms with Crippen LogP contribution in [0.3, 0.4) is 0 Å². The van der Waals surface area contributed by atoms with Crippen molar-refractivity contribution in [3.63, 3.8) is 0 Å². The van der Waals surface area contributed by atoms with E-state index >= 15 is 0 Å². The van der Waals surface area contributed by atoms with Crippen LogP contribution in [-0.4, -0.2) is 41.9 Å². The van der Waals surface area contributed by atoms with Crippen LogP contribution in [-0.2, 0) is 0 Å². The molecule has 0 bridgehead atoms. The maximum absolute atomic E-state index is 9.55. The minimum atomic E-state index is -0.167. The van der Waals surface area contributed by atoms with Gasteiger partial charge in [0.15, 0.2) is 0 Å². The van der Waals surface area contributed by atoms with Crippen LogP contribution in [0.25, 0.3) is 0 Å². The lowest BCUT2D eigenvalue weighted by molar-refractivity contribution is -0.930. The zero-order valence-corrected chi connectivity index (χ0v) is 10.4. The van der Waals surface area contributed by atoms with Gasteiger partial charge < -0.3 is 9.59 Å². The number of hydrogen-bond donors (Lipinski definition) is 1. The van der Waals surface area contributed by atoms with E-state index in [1.165, 1.54) is 38.9 Å². The Bertz CT molecular complexity index is 117. The van der Waals surface area contributed by atoms with Crippen molar-refractivity contribution in [2.24, 2.45) is 0 Å². The largest absolute Gasteiger partial charge is 0.388 e. The predicted octanol–water partition coefficient (Wildman–Crippen LogP) is 2.41. The molecule has 0 saturated carbocycles. The molecule has 0 spiro atoms. The Hall–Kier alpha value is -0.0800. The van der Waals surface area contributed by atoms with Crippen molar-refractivity contribution in [1.29, 1.82) is 0 Å². The van der Waals surface area contributed by atoms with Crippen molar-refractivity contribution >= 4 is 0 Å². The second-order valence-corrected chi connectivity index (χ2v) is 4.54. The molecule has 0 aromatic rings. The Morgan fingerprint density at radius 3 is 1.50 bits per heavy atom. The van der Waals surface area contributed by atoms with Gasteiger partial charge in [-0.05, 0) is 26.2 Å². The molecule has 0 saturated heterocycles. The van der Waals surface area contributed by atoms with Crippen LogP contribution >= 0.6 is 0 Å². The quantitative estimate of drug-likeness (QED) is 0.599. The van der Waals surface area contributed by atoms with Crippen LogP contribution in [0.5, 0.6) is 0 Å². The highest BCUT2D eigenvalue weighted by Gasteiger charge is 2.26. The maximum Gasteiger partial charge on any atom is 0.105 e. The molecule has 0 aromatic heterocycles. The van der Waals surface area contributed by atoms with Gasteiger partial charge in [-0.1, -0.05) is 20.8 Å². The van der Waals surface area contributed by atoms with Crippen LogP contribution in [0.2, 0.25) is 0 Å². The molecule has 0 aliphatic carbocycles. The smallest absolute Gasteiger partial charge is 0.105 e. The molecule has 0 amide bonds. The van der Waals surface area contributed by atoms with Gasteiger partial charge in [0.1, 0.15) is 12.6 Å². The van der Waals surface area contributed by atoms with Crippen LogP contribution in [0.15, 0.2) is 0 Å². The molecule has 0 radical (unpaired) electrons. The summed E-state index contributed by atoms with van der Waals surface area (Å²) in [5, 5.41) is 9.55. The molecule has 0 rings (SSSR count). The fourth-order valence-electron chi connectivity index (χ4n) is 2.59. The topological polar surface area (TPSA) is 20.2 Å². The van der Waals surface area contributed by atoms with Gasteiger partial charge in [-0.25, -0.2) is 0 Å². The van der Waals surface area contributed by atoms with Crippen molar-refractivity contribution in [1.82, 2.24) is 0 Å². The fraction of sp³-hybridized carbons (Fsp3) is 1.00. The summed E-state index contributed by atoms with van der Waals surface area (Å²) in [7, 11) is 0. The summed E-state index contributed by atoms with van der Waals surface area (Å²) in [5.74, 6) is 0. The van der Waals surface area contributed by atoms with Gasteiger partial charge in [0.2, 0.25) is 0 Å². The van der Waals surface area contributed by atoms with Gasteiger partial charge in [-0.15, -0.1) is 0 Å². The summed E-state index contributed by atoms with van der Waals surface area (Å²) in [5.41, 5.74) is 0. The van der Waals surface area contributed by atoms with Gasteiger partial charge in [0.05, 0.1) is 19.6 Å². The van der Waals surface area contributed by atoms with Crippen molar-refractivity contribution in [3.05, 3.63) is 0 Å². The Kier molecular flexibility index (Phi) is 7.20. The van der Waals surface area contributed by atoms with E-state index in [2.05, 4.69) is 20.8 Å². The third kappa shape index (κ3) is 4.97.